The molecule has 2 aliphatic rings. The highest BCUT2D eigenvalue weighted by molar-refractivity contribution is 5.81. The van der Waals surface area contributed by atoms with Crippen LogP contribution in [0.1, 0.15) is 12.8 Å². The standard InChI is InChI=1S/C9H16N2O/c1-10-4-7-5-11(6-7)9(12)8-2-3-8/h7-8,10H,2-6H2,1H3. The van der Waals surface area contributed by atoms with Crippen molar-refractivity contribution in [3.8, 4) is 0 Å². The lowest BCUT2D eigenvalue weighted by Gasteiger charge is -2.39. The third-order valence-electron chi connectivity index (χ3n) is 2.69. The van der Waals surface area contributed by atoms with Gasteiger partial charge in [-0.2, -0.15) is 0 Å². The molecule has 0 spiro atoms. The first kappa shape index (κ1) is 8.05. The van der Waals surface area contributed by atoms with Gasteiger partial charge >= 0.3 is 0 Å². The number of amides is 1. The minimum absolute atomic E-state index is 0.403. The predicted octanol–water partition coefficient (Wildman–Crippen LogP) is 0.0742. The Morgan fingerprint density at radius 3 is 2.67 bits per heavy atom. The molecule has 68 valence electrons. The fourth-order valence-electron chi connectivity index (χ4n) is 1.76. The molecule has 1 N–H and O–H groups in total. The van der Waals surface area contributed by atoms with Crippen LogP contribution < -0.4 is 5.32 Å². The van der Waals surface area contributed by atoms with E-state index in [9.17, 15) is 4.79 Å². The highest BCUT2D eigenvalue weighted by Gasteiger charge is 2.38. The maximum absolute atomic E-state index is 11.4. The van der Waals surface area contributed by atoms with Crippen LogP contribution in [0, 0.1) is 11.8 Å². The molecule has 0 aromatic heterocycles. The third-order valence-corrected chi connectivity index (χ3v) is 2.69. The van der Waals surface area contributed by atoms with E-state index in [4.69, 9.17) is 0 Å². The largest absolute Gasteiger partial charge is 0.342 e. The molecule has 1 aliphatic heterocycles. The van der Waals surface area contributed by atoms with Crippen molar-refractivity contribution in [2.24, 2.45) is 11.8 Å². The Morgan fingerprint density at radius 2 is 2.17 bits per heavy atom. The SMILES string of the molecule is CNCC1CN(C(=O)C2CC2)C1. The number of nitrogens with one attached hydrogen (secondary N) is 1. The predicted molar refractivity (Wildman–Crippen MR) is 46.7 cm³/mol. The van der Waals surface area contributed by atoms with Crippen LogP contribution in [0.15, 0.2) is 0 Å². The fraction of sp³-hybridized carbons (Fsp3) is 0.889. The summed E-state index contributed by atoms with van der Waals surface area (Å²) in [5, 5.41) is 3.14. The number of rotatable bonds is 3. The Bertz CT molecular complexity index is 183. The fourth-order valence-corrected chi connectivity index (χ4v) is 1.76. The van der Waals surface area contributed by atoms with Crippen LogP contribution in [-0.2, 0) is 4.79 Å². The second-order valence-corrected chi connectivity index (χ2v) is 3.94. The van der Waals surface area contributed by atoms with Gasteiger partial charge in [0.1, 0.15) is 0 Å². The molecule has 0 bridgehead atoms. The zero-order valence-electron chi connectivity index (χ0n) is 7.55. The van der Waals surface area contributed by atoms with Crippen molar-refractivity contribution in [2.75, 3.05) is 26.7 Å². The summed E-state index contributed by atoms with van der Waals surface area (Å²) in [6, 6.07) is 0. The number of likely N-dealkylation sites (tertiary alicyclic amines) is 1. The normalized spacial score (nSPS) is 23.9. The van der Waals surface area contributed by atoms with Gasteiger partial charge in [0.25, 0.3) is 0 Å². The lowest BCUT2D eigenvalue weighted by Crippen LogP contribution is -2.53. The zero-order valence-corrected chi connectivity index (χ0v) is 7.55. The first-order chi connectivity index (χ1) is 5.81. The molecule has 0 aromatic carbocycles. The van der Waals surface area contributed by atoms with Crippen LogP contribution in [0.5, 0.6) is 0 Å². The molecule has 1 aliphatic carbocycles. The van der Waals surface area contributed by atoms with Crippen LogP contribution in [0.3, 0.4) is 0 Å². The van der Waals surface area contributed by atoms with Crippen molar-refractivity contribution in [3.63, 3.8) is 0 Å². The Balaban J connectivity index is 1.69. The Kier molecular flexibility index (Phi) is 2.05. The van der Waals surface area contributed by atoms with Gasteiger partial charge in [0, 0.05) is 31.5 Å². The molecule has 0 aromatic rings. The van der Waals surface area contributed by atoms with Crippen LogP contribution in [-0.4, -0.2) is 37.5 Å². The lowest BCUT2D eigenvalue weighted by atomic mass is 9.99. The Morgan fingerprint density at radius 1 is 1.50 bits per heavy atom. The molecule has 1 saturated carbocycles. The van der Waals surface area contributed by atoms with Crippen molar-refractivity contribution in [2.45, 2.75) is 12.8 Å². The van der Waals surface area contributed by atoms with Crippen LogP contribution in [0.4, 0.5) is 0 Å². The number of hydrogen-bond donors (Lipinski definition) is 1. The average Bonchev–Trinajstić information content (AvgIpc) is 2.76. The van der Waals surface area contributed by atoms with Gasteiger partial charge in [0.2, 0.25) is 5.91 Å². The van der Waals surface area contributed by atoms with Crippen LogP contribution in [0.2, 0.25) is 0 Å². The number of carbonyl (C=O) groups is 1. The van der Waals surface area contributed by atoms with E-state index < -0.39 is 0 Å². The van der Waals surface area contributed by atoms with Gasteiger partial charge in [-0.3, -0.25) is 4.79 Å². The molecule has 3 nitrogen and oxygen atoms in total. The van der Waals surface area contributed by atoms with Crippen LogP contribution in [0.25, 0.3) is 0 Å². The highest BCUT2D eigenvalue weighted by Crippen LogP contribution is 2.33. The van der Waals surface area contributed by atoms with E-state index in [2.05, 4.69) is 5.32 Å². The number of carbonyl (C=O) groups excluding carboxylic acids is 1. The Labute approximate surface area is 73.1 Å². The van der Waals surface area contributed by atoms with E-state index in [0.29, 0.717) is 17.7 Å². The van der Waals surface area contributed by atoms with E-state index in [0.717, 1.165) is 32.5 Å². The topological polar surface area (TPSA) is 32.3 Å². The third kappa shape index (κ3) is 1.46. The molecule has 1 heterocycles. The van der Waals surface area contributed by atoms with Gasteiger partial charge < -0.3 is 10.2 Å². The maximum atomic E-state index is 11.4. The summed E-state index contributed by atoms with van der Waals surface area (Å²) in [5.74, 6) is 1.51. The number of hydrogen-bond acceptors (Lipinski definition) is 2. The molecule has 0 atom stereocenters. The summed E-state index contributed by atoms with van der Waals surface area (Å²) in [7, 11) is 1.96. The molecule has 1 saturated heterocycles. The van der Waals surface area contributed by atoms with Gasteiger partial charge in [-0.15, -0.1) is 0 Å². The molecule has 3 heteroatoms. The summed E-state index contributed by atoms with van der Waals surface area (Å²) in [6.07, 6.45) is 2.26. The van der Waals surface area contributed by atoms with E-state index in [1.54, 1.807) is 0 Å². The quantitative estimate of drug-likeness (QED) is 0.647. The van der Waals surface area contributed by atoms with Gasteiger partial charge in [-0.05, 0) is 19.9 Å². The minimum atomic E-state index is 0.403. The molecule has 0 radical (unpaired) electrons. The summed E-state index contributed by atoms with van der Waals surface area (Å²) < 4.78 is 0. The van der Waals surface area contributed by atoms with Gasteiger partial charge in [-0.1, -0.05) is 0 Å². The Hall–Kier alpha value is -0.570. The summed E-state index contributed by atoms with van der Waals surface area (Å²) in [5.41, 5.74) is 0. The molecule has 2 rings (SSSR count). The number of nitrogens with zero attached hydrogens (tertiary/aromatic N) is 1. The zero-order chi connectivity index (χ0) is 8.55. The monoisotopic (exact) mass is 168 g/mol. The van der Waals surface area contributed by atoms with Crippen molar-refractivity contribution in [1.82, 2.24) is 10.2 Å². The van der Waals surface area contributed by atoms with Crippen LogP contribution >= 0.6 is 0 Å². The first-order valence-electron chi connectivity index (χ1n) is 4.74. The minimum Gasteiger partial charge on any atom is -0.342 e. The van der Waals surface area contributed by atoms with Crippen molar-refractivity contribution >= 4 is 5.91 Å². The molecular weight excluding hydrogens is 152 g/mol. The molecular formula is C9H16N2O. The van der Waals surface area contributed by atoms with Crippen molar-refractivity contribution < 1.29 is 4.79 Å². The smallest absolute Gasteiger partial charge is 0.225 e. The molecule has 1 amide bonds. The molecule has 12 heavy (non-hydrogen) atoms. The summed E-state index contributed by atoms with van der Waals surface area (Å²) in [4.78, 5) is 13.4. The first-order valence-corrected chi connectivity index (χ1v) is 4.74. The van der Waals surface area contributed by atoms with Crippen molar-refractivity contribution in [1.29, 1.82) is 0 Å². The summed E-state index contributed by atoms with van der Waals surface area (Å²) in [6.45, 7) is 3.01. The highest BCUT2D eigenvalue weighted by atomic mass is 16.2. The van der Waals surface area contributed by atoms with E-state index in [-0.39, 0.29) is 0 Å². The van der Waals surface area contributed by atoms with Gasteiger partial charge in [0.05, 0.1) is 0 Å². The summed E-state index contributed by atoms with van der Waals surface area (Å²) >= 11 is 0. The lowest BCUT2D eigenvalue weighted by molar-refractivity contribution is -0.138. The maximum Gasteiger partial charge on any atom is 0.225 e. The van der Waals surface area contributed by atoms with E-state index in [1.807, 2.05) is 11.9 Å². The average molecular weight is 168 g/mol. The second kappa shape index (κ2) is 3.05. The van der Waals surface area contributed by atoms with Crippen molar-refractivity contribution in [3.05, 3.63) is 0 Å². The second-order valence-electron chi connectivity index (χ2n) is 3.94. The van der Waals surface area contributed by atoms with Gasteiger partial charge in [-0.25, -0.2) is 0 Å². The van der Waals surface area contributed by atoms with Gasteiger partial charge in [0.15, 0.2) is 0 Å². The molecule has 0 unspecified atom stereocenters. The van der Waals surface area contributed by atoms with E-state index >= 15 is 0 Å². The van der Waals surface area contributed by atoms with E-state index in [1.165, 1.54) is 0 Å². The molecule has 2 fully saturated rings.